The van der Waals surface area contributed by atoms with Crippen LogP contribution in [0, 0.1) is 0 Å². The Bertz CT molecular complexity index is 707. The van der Waals surface area contributed by atoms with Crippen molar-refractivity contribution in [2.24, 2.45) is 5.73 Å². The van der Waals surface area contributed by atoms with Crippen LogP contribution in [-0.2, 0) is 13.0 Å². The van der Waals surface area contributed by atoms with E-state index in [1.807, 2.05) is 0 Å². The maximum Gasteiger partial charge on any atom is 0.163 e. The average molecular weight is 330 g/mol. The van der Waals surface area contributed by atoms with Crippen molar-refractivity contribution in [1.82, 2.24) is 14.8 Å². The lowest BCUT2D eigenvalue weighted by Gasteiger charge is -2.27. The van der Waals surface area contributed by atoms with Gasteiger partial charge >= 0.3 is 0 Å². The van der Waals surface area contributed by atoms with Crippen molar-refractivity contribution in [2.45, 2.75) is 13.0 Å². The number of nitrogens with zero attached hydrogens (tertiary/aromatic N) is 2. The Kier molecular flexibility index (Phi) is 4.60. The van der Waals surface area contributed by atoms with E-state index in [2.05, 4.69) is 33.1 Å². The maximum atomic E-state index is 5.80. The van der Waals surface area contributed by atoms with E-state index in [0.717, 1.165) is 57.2 Å². The summed E-state index contributed by atoms with van der Waals surface area (Å²) in [5, 5.41) is 4.67. The summed E-state index contributed by atoms with van der Waals surface area (Å²) in [4.78, 5) is 2.53. The second-order valence-electron chi connectivity index (χ2n) is 6.49. The first-order valence-corrected chi connectivity index (χ1v) is 8.89. The zero-order valence-electron chi connectivity index (χ0n) is 14.1. The molecule has 0 unspecified atom stereocenters. The second kappa shape index (κ2) is 7.01. The number of rotatable bonds is 5. The van der Waals surface area contributed by atoms with E-state index in [-0.39, 0.29) is 0 Å². The number of hydrogen-bond acceptors (Lipinski definition) is 5. The van der Waals surface area contributed by atoms with Gasteiger partial charge in [0.25, 0.3) is 0 Å². The molecule has 3 N–H and O–H groups in total. The minimum atomic E-state index is 0.617. The molecule has 2 aliphatic rings. The molecule has 0 radical (unpaired) electrons. The van der Waals surface area contributed by atoms with Gasteiger partial charge in [-0.1, -0.05) is 0 Å². The molecule has 0 amide bonds. The van der Waals surface area contributed by atoms with Crippen LogP contribution >= 0.6 is 0 Å². The van der Waals surface area contributed by atoms with Gasteiger partial charge in [-0.05, 0) is 18.1 Å². The molecule has 1 fully saturated rings. The SMILES string of the molecule is NCCn1cc(CCN2CCNCC2)c2cc3c(cc21)OCCO3. The van der Waals surface area contributed by atoms with Crippen LogP contribution in [0.2, 0.25) is 0 Å². The summed E-state index contributed by atoms with van der Waals surface area (Å²) < 4.78 is 13.8. The van der Waals surface area contributed by atoms with E-state index < -0.39 is 0 Å². The number of ether oxygens (including phenoxy) is 2. The van der Waals surface area contributed by atoms with E-state index in [4.69, 9.17) is 15.2 Å². The summed E-state index contributed by atoms with van der Waals surface area (Å²) in [6.07, 6.45) is 3.30. The number of nitrogens with one attached hydrogen (secondary N) is 1. The number of fused-ring (bicyclic) bond motifs is 2. The van der Waals surface area contributed by atoms with Crippen LogP contribution in [0.1, 0.15) is 5.56 Å². The van der Waals surface area contributed by atoms with E-state index in [0.29, 0.717) is 19.8 Å². The quantitative estimate of drug-likeness (QED) is 0.850. The number of hydrogen-bond donors (Lipinski definition) is 2. The Balaban J connectivity index is 1.63. The highest BCUT2D eigenvalue weighted by molar-refractivity contribution is 5.87. The molecule has 130 valence electrons. The fraction of sp³-hybridized carbons (Fsp3) is 0.556. The third-order valence-corrected chi connectivity index (χ3v) is 4.90. The lowest BCUT2D eigenvalue weighted by molar-refractivity contribution is 0.172. The van der Waals surface area contributed by atoms with Crippen molar-refractivity contribution in [1.29, 1.82) is 0 Å². The van der Waals surface area contributed by atoms with Gasteiger partial charge in [0.2, 0.25) is 0 Å². The summed E-state index contributed by atoms with van der Waals surface area (Å²) in [6, 6.07) is 4.25. The molecule has 24 heavy (non-hydrogen) atoms. The zero-order valence-corrected chi connectivity index (χ0v) is 14.1. The molecular formula is C18H26N4O2. The molecule has 2 aliphatic heterocycles. The van der Waals surface area contributed by atoms with Crippen molar-refractivity contribution in [3.63, 3.8) is 0 Å². The Morgan fingerprint density at radius 2 is 1.79 bits per heavy atom. The normalized spacial score (nSPS) is 18.2. The predicted octanol–water partition coefficient (Wildman–Crippen LogP) is 0.819. The molecule has 6 heteroatoms. The minimum absolute atomic E-state index is 0.617. The summed E-state index contributed by atoms with van der Waals surface area (Å²) in [7, 11) is 0. The summed E-state index contributed by atoms with van der Waals surface area (Å²) in [6.45, 7) is 8.24. The van der Waals surface area contributed by atoms with E-state index >= 15 is 0 Å². The van der Waals surface area contributed by atoms with E-state index in [9.17, 15) is 0 Å². The van der Waals surface area contributed by atoms with Crippen LogP contribution in [0.4, 0.5) is 0 Å². The fourth-order valence-corrected chi connectivity index (χ4v) is 3.64. The Morgan fingerprint density at radius 1 is 1.04 bits per heavy atom. The molecular weight excluding hydrogens is 304 g/mol. The van der Waals surface area contributed by atoms with Gasteiger partial charge in [0.15, 0.2) is 11.5 Å². The van der Waals surface area contributed by atoms with Crippen LogP contribution in [0.5, 0.6) is 11.5 Å². The first-order valence-electron chi connectivity index (χ1n) is 8.89. The van der Waals surface area contributed by atoms with Gasteiger partial charge < -0.3 is 30.0 Å². The number of aromatic nitrogens is 1. The third-order valence-electron chi connectivity index (χ3n) is 4.90. The van der Waals surface area contributed by atoms with Crippen molar-refractivity contribution >= 4 is 10.9 Å². The summed E-state index contributed by atoms with van der Waals surface area (Å²) in [5.74, 6) is 1.71. The van der Waals surface area contributed by atoms with Crippen LogP contribution in [0.25, 0.3) is 10.9 Å². The van der Waals surface area contributed by atoms with Gasteiger partial charge in [-0.25, -0.2) is 0 Å². The number of nitrogens with two attached hydrogens (primary N) is 1. The van der Waals surface area contributed by atoms with Crippen LogP contribution < -0.4 is 20.5 Å². The summed E-state index contributed by atoms with van der Waals surface area (Å²) >= 11 is 0. The average Bonchev–Trinajstić information content (AvgIpc) is 2.96. The van der Waals surface area contributed by atoms with Crippen molar-refractivity contribution < 1.29 is 9.47 Å². The Hall–Kier alpha value is -1.76. The molecule has 0 aliphatic carbocycles. The van der Waals surface area contributed by atoms with Gasteiger partial charge in [-0.2, -0.15) is 0 Å². The zero-order chi connectivity index (χ0) is 16.4. The number of benzene rings is 1. The van der Waals surface area contributed by atoms with E-state index in [1.165, 1.54) is 16.5 Å². The standard InChI is InChI=1S/C18H26N4O2/c19-2-6-22-13-14(1-5-21-7-3-20-4-8-21)15-11-17-18(12-16(15)22)24-10-9-23-17/h11-13,20H,1-10,19H2. The third kappa shape index (κ3) is 3.09. The highest BCUT2D eigenvalue weighted by atomic mass is 16.6. The Morgan fingerprint density at radius 3 is 2.54 bits per heavy atom. The molecule has 4 rings (SSSR count). The molecule has 0 atom stereocenters. The minimum Gasteiger partial charge on any atom is -0.486 e. The largest absolute Gasteiger partial charge is 0.486 e. The smallest absolute Gasteiger partial charge is 0.163 e. The van der Waals surface area contributed by atoms with Crippen molar-refractivity contribution in [2.75, 3.05) is 52.5 Å². The van der Waals surface area contributed by atoms with Crippen LogP contribution in [-0.4, -0.2) is 61.9 Å². The molecule has 1 aromatic carbocycles. The van der Waals surface area contributed by atoms with Crippen LogP contribution in [0.15, 0.2) is 18.3 Å². The predicted molar refractivity (Wildman–Crippen MR) is 95.0 cm³/mol. The van der Waals surface area contributed by atoms with Gasteiger partial charge in [0.1, 0.15) is 13.2 Å². The van der Waals surface area contributed by atoms with Gasteiger partial charge in [0, 0.05) is 63.5 Å². The second-order valence-corrected chi connectivity index (χ2v) is 6.49. The lowest BCUT2D eigenvalue weighted by Crippen LogP contribution is -2.44. The topological polar surface area (TPSA) is 64.7 Å². The first kappa shape index (κ1) is 15.7. The molecule has 6 nitrogen and oxygen atoms in total. The fourth-order valence-electron chi connectivity index (χ4n) is 3.64. The van der Waals surface area contributed by atoms with Crippen LogP contribution in [0.3, 0.4) is 0 Å². The van der Waals surface area contributed by atoms with Crippen molar-refractivity contribution in [3.8, 4) is 11.5 Å². The molecule has 1 saturated heterocycles. The van der Waals surface area contributed by atoms with E-state index in [1.54, 1.807) is 0 Å². The van der Waals surface area contributed by atoms with Gasteiger partial charge in [-0.3, -0.25) is 0 Å². The monoisotopic (exact) mass is 330 g/mol. The highest BCUT2D eigenvalue weighted by Gasteiger charge is 2.18. The van der Waals surface area contributed by atoms with Gasteiger partial charge in [0.05, 0.1) is 5.52 Å². The molecule has 0 saturated carbocycles. The number of piperazine rings is 1. The lowest BCUT2D eigenvalue weighted by atomic mass is 10.1. The molecule has 1 aromatic heterocycles. The molecule has 0 spiro atoms. The summed E-state index contributed by atoms with van der Waals surface area (Å²) in [5.41, 5.74) is 8.36. The van der Waals surface area contributed by atoms with Crippen molar-refractivity contribution in [3.05, 3.63) is 23.9 Å². The highest BCUT2D eigenvalue weighted by Crippen LogP contribution is 2.36. The molecule has 2 aromatic rings. The molecule has 3 heterocycles. The molecule has 0 bridgehead atoms. The van der Waals surface area contributed by atoms with Gasteiger partial charge in [-0.15, -0.1) is 0 Å². The maximum absolute atomic E-state index is 5.80. The Labute approximate surface area is 142 Å². The first-order chi connectivity index (χ1) is 11.8.